The first kappa shape index (κ1) is 74.1. The van der Waals surface area contributed by atoms with E-state index in [1.54, 1.807) is 0 Å². The van der Waals surface area contributed by atoms with Crippen LogP contribution >= 0.6 is 0 Å². The highest BCUT2D eigenvalue weighted by Gasteiger charge is 2.19. The minimum absolute atomic E-state index is 0.0811. The maximum Gasteiger partial charge on any atom is 0.306 e. The SMILES string of the molecule is CC/C=C\C/C=C\C/C=C\CCCCCCCC(=O)OC(COC(=O)CCCCCCC/C=C\CCCC)COC(=O)CCCCCCCCCCCCCCCCCCCCCCC/C=C\CCCCCCCCCC. The summed E-state index contributed by atoms with van der Waals surface area (Å²) in [7, 11) is 0. The third kappa shape index (κ3) is 63.8. The van der Waals surface area contributed by atoms with Crippen LogP contribution in [0.1, 0.15) is 355 Å². The third-order valence-electron chi connectivity index (χ3n) is 15.0. The molecular weight excluding hydrogens is 949 g/mol. The second-order valence-electron chi connectivity index (χ2n) is 22.7. The first-order valence-electron chi connectivity index (χ1n) is 33.8. The number of allylic oxidation sites excluding steroid dienone is 10. The van der Waals surface area contributed by atoms with Gasteiger partial charge in [0, 0.05) is 19.3 Å². The second-order valence-corrected chi connectivity index (χ2v) is 22.7. The fraction of sp³-hybridized carbons (Fsp3) is 0.817. The lowest BCUT2D eigenvalue weighted by atomic mass is 10.0. The monoisotopic (exact) mass is 1080 g/mol. The van der Waals surface area contributed by atoms with Gasteiger partial charge in [-0.1, -0.05) is 300 Å². The molecule has 0 saturated heterocycles. The zero-order chi connectivity index (χ0) is 55.7. The van der Waals surface area contributed by atoms with Gasteiger partial charge < -0.3 is 14.2 Å². The summed E-state index contributed by atoms with van der Waals surface area (Å²) in [6, 6.07) is 0. The second kappa shape index (κ2) is 65.6. The normalized spacial score (nSPS) is 12.4. The van der Waals surface area contributed by atoms with E-state index in [9.17, 15) is 14.4 Å². The van der Waals surface area contributed by atoms with Crippen molar-refractivity contribution in [1.82, 2.24) is 0 Å². The molecule has 0 aromatic heterocycles. The first-order valence-corrected chi connectivity index (χ1v) is 33.8. The average molecular weight is 1080 g/mol. The van der Waals surface area contributed by atoms with E-state index in [0.717, 1.165) is 103 Å². The number of carbonyl (C=O) groups excluding carboxylic acids is 3. The highest BCUT2D eigenvalue weighted by Crippen LogP contribution is 2.18. The van der Waals surface area contributed by atoms with Crippen LogP contribution in [-0.4, -0.2) is 37.2 Å². The van der Waals surface area contributed by atoms with Gasteiger partial charge in [0.05, 0.1) is 0 Å². The van der Waals surface area contributed by atoms with E-state index in [2.05, 4.69) is 81.5 Å². The molecule has 0 amide bonds. The Bertz CT molecular complexity index is 1380. The summed E-state index contributed by atoms with van der Waals surface area (Å²) >= 11 is 0. The molecule has 0 aromatic rings. The number of ether oxygens (including phenoxy) is 3. The van der Waals surface area contributed by atoms with Crippen molar-refractivity contribution in [1.29, 1.82) is 0 Å². The predicted molar refractivity (Wildman–Crippen MR) is 335 cm³/mol. The molecule has 6 heteroatoms. The molecule has 0 aliphatic carbocycles. The van der Waals surface area contributed by atoms with Crippen LogP contribution in [-0.2, 0) is 28.6 Å². The molecule has 0 heterocycles. The van der Waals surface area contributed by atoms with Crippen LogP contribution in [0.5, 0.6) is 0 Å². The summed E-state index contributed by atoms with van der Waals surface area (Å²) in [5, 5.41) is 0. The van der Waals surface area contributed by atoms with Crippen molar-refractivity contribution in [2.45, 2.75) is 361 Å². The highest BCUT2D eigenvalue weighted by molar-refractivity contribution is 5.71. The van der Waals surface area contributed by atoms with E-state index in [0.29, 0.717) is 19.3 Å². The minimum atomic E-state index is -0.785. The molecule has 0 aromatic carbocycles. The molecule has 0 bridgehead atoms. The van der Waals surface area contributed by atoms with Gasteiger partial charge in [-0.3, -0.25) is 14.4 Å². The maximum absolute atomic E-state index is 12.9. The van der Waals surface area contributed by atoms with Crippen LogP contribution < -0.4 is 0 Å². The fourth-order valence-electron chi connectivity index (χ4n) is 9.91. The lowest BCUT2D eigenvalue weighted by molar-refractivity contribution is -0.167. The number of hydrogen-bond acceptors (Lipinski definition) is 6. The van der Waals surface area contributed by atoms with Crippen LogP contribution in [0.25, 0.3) is 0 Å². The van der Waals surface area contributed by atoms with Crippen LogP contribution in [0.4, 0.5) is 0 Å². The molecule has 0 N–H and O–H groups in total. The average Bonchev–Trinajstić information content (AvgIpc) is 3.43. The molecule has 6 nitrogen and oxygen atoms in total. The Morgan fingerprint density at radius 3 is 0.844 bits per heavy atom. The Labute approximate surface area is 479 Å². The molecule has 0 radical (unpaired) electrons. The van der Waals surface area contributed by atoms with Crippen molar-refractivity contribution >= 4 is 17.9 Å². The van der Waals surface area contributed by atoms with Crippen molar-refractivity contribution in [2.75, 3.05) is 13.2 Å². The fourth-order valence-corrected chi connectivity index (χ4v) is 9.91. The van der Waals surface area contributed by atoms with Gasteiger partial charge in [0.15, 0.2) is 6.10 Å². The Morgan fingerprint density at radius 2 is 0.519 bits per heavy atom. The van der Waals surface area contributed by atoms with Crippen molar-refractivity contribution < 1.29 is 28.6 Å². The summed E-state index contributed by atoms with van der Waals surface area (Å²) in [5.74, 6) is -0.893. The van der Waals surface area contributed by atoms with E-state index >= 15 is 0 Å². The van der Waals surface area contributed by atoms with E-state index in [1.807, 2.05) is 0 Å². The smallest absolute Gasteiger partial charge is 0.306 e. The van der Waals surface area contributed by atoms with Gasteiger partial charge in [-0.05, 0) is 96.3 Å². The summed E-state index contributed by atoms with van der Waals surface area (Å²) in [5.41, 5.74) is 0. The number of hydrogen-bond donors (Lipinski definition) is 0. The lowest BCUT2D eigenvalue weighted by Gasteiger charge is -2.18. The standard InChI is InChI=1S/C71H128O6/c1-4-7-10-13-16-19-22-24-26-27-28-29-30-31-32-33-34-35-36-37-38-39-40-41-42-43-45-46-49-52-55-58-61-64-70(73)76-67-68(66-75-69(72)63-60-57-54-51-48-21-18-15-12-9-6-3)77-71(74)65-62-59-56-53-50-47-44-25-23-20-17-14-11-8-5-2/h8,11,15,17-18,20,25,27-28,44,68H,4-7,9-10,12-14,16,19,21-24,26,29-43,45-67H2,1-3H3/b11-8-,18-15-,20-17-,28-27-,44-25-. The molecule has 77 heavy (non-hydrogen) atoms. The molecule has 0 aliphatic rings. The molecule has 1 unspecified atom stereocenters. The van der Waals surface area contributed by atoms with E-state index < -0.39 is 6.10 Å². The Morgan fingerprint density at radius 1 is 0.273 bits per heavy atom. The van der Waals surface area contributed by atoms with Crippen LogP contribution in [0.15, 0.2) is 60.8 Å². The molecule has 0 saturated carbocycles. The van der Waals surface area contributed by atoms with Gasteiger partial charge in [0.25, 0.3) is 0 Å². The number of unbranched alkanes of at least 4 members (excludes halogenated alkanes) is 41. The zero-order valence-corrected chi connectivity index (χ0v) is 51.5. The number of rotatable bonds is 62. The summed E-state index contributed by atoms with van der Waals surface area (Å²) < 4.78 is 16.9. The molecule has 0 spiro atoms. The predicted octanol–water partition coefficient (Wildman–Crippen LogP) is 23.1. The largest absolute Gasteiger partial charge is 0.462 e. The van der Waals surface area contributed by atoms with Gasteiger partial charge in [0.2, 0.25) is 0 Å². The molecule has 0 rings (SSSR count). The van der Waals surface area contributed by atoms with Crippen LogP contribution in [0, 0.1) is 0 Å². The topological polar surface area (TPSA) is 78.9 Å². The first-order chi connectivity index (χ1) is 38.0. The van der Waals surface area contributed by atoms with Crippen molar-refractivity contribution in [3.8, 4) is 0 Å². The molecular formula is C71H128O6. The van der Waals surface area contributed by atoms with E-state index in [4.69, 9.17) is 14.2 Å². The Balaban J connectivity index is 4.06. The Kier molecular flexibility index (Phi) is 63.2. The third-order valence-corrected chi connectivity index (χ3v) is 15.0. The van der Waals surface area contributed by atoms with Crippen LogP contribution in [0.3, 0.4) is 0 Å². The minimum Gasteiger partial charge on any atom is -0.462 e. The van der Waals surface area contributed by atoms with Gasteiger partial charge in [-0.15, -0.1) is 0 Å². The van der Waals surface area contributed by atoms with Gasteiger partial charge >= 0.3 is 17.9 Å². The summed E-state index contributed by atoms with van der Waals surface area (Å²) in [6.45, 7) is 6.51. The lowest BCUT2D eigenvalue weighted by Crippen LogP contribution is -2.30. The quantitative estimate of drug-likeness (QED) is 0.0261. The van der Waals surface area contributed by atoms with Gasteiger partial charge in [0.1, 0.15) is 13.2 Å². The summed E-state index contributed by atoms with van der Waals surface area (Å²) in [6.07, 6.45) is 84.1. The van der Waals surface area contributed by atoms with E-state index in [-0.39, 0.29) is 31.1 Å². The zero-order valence-electron chi connectivity index (χ0n) is 51.5. The molecule has 0 aliphatic heterocycles. The van der Waals surface area contributed by atoms with Crippen molar-refractivity contribution in [3.05, 3.63) is 60.8 Å². The highest BCUT2D eigenvalue weighted by atomic mass is 16.6. The Hall–Kier alpha value is -2.89. The maximum atomic E-state index is 12.9. The van der Waals surface area contributed by atoms with Crippen LogP contribution in [0.2, 0.25) is 0 Å². The van der Waals surface area contributed by atoms with Crippen molar-refractivity contribution in [3.63, 3.8) is 0 Å². The molecule has 448 valence electrons. The van der Waals surface area contributed by atoms with Gasteiger partial charge in [-0.25, -0.2) is 0 Å². The molecule has 0 fully saturated rings. The summed E-state index contributed by atoms with van der Waals surface area (Å²) in [4.78, 5) is 38.2. The number of esters is 3. The number of carbonyl (C=O) groups is 3. The van der Waals surface area contributed by atoms with E-state index in [1.165, 1.54) is 212 Å². The molecule has 1 atom stereocenters. The van der Waals surface area contributed by atoms with Crippen molar-refractivity contribution in [2.24, 2.45) is 0 Å². The van der Waals surface area contributed by atoms with Gasteiger partial charge in [-0.2, -0.15) is 0 Å².